The van der Waals surface area contributed by atoms with Crippen LogP contribution in [0.1, 0.15) is 34.1 Å². The zero-order chi connectivity index (χ0) is 23.4. The molecule has 2 aliphatic rings. The molecule has 176 valence electrons. The molecule has 5 rings (SSSR count). The van der Waals surface area contributed by atoms with E-state index in [1.54, 1.807) is 12.3 Å². The Balaban J connectivity index is 1.37. The summed E-state index contributed by atoms with van der Waals surface area (Å²) >= 11 is 0. The molecule has 0 aromatic carbocycles. The molecule has 10 heteroatoms. The van der Waals surface area contributed by atoms with Crippen molar-refractivity contribution in [2.24, 2.45) is 0 Å². The molecule has 0 saturated carbocycles. The summed E-state index contributed by atoms with van der Waals surface area (Å²) in [7, 11) is -3.32. The van der Waals surface area contributed by atoms with E-state index in [2.05, 4.69) is 50.0 Å². The molecule has 33 heavy (non-hydrogen) atoms. The summed E-state index contributed by atoms with van der Waals surface area (Å²) < 4.78 is 27.1. The summed E-state index contributed by atoms with van der Waals surface area (Å²) in [4.78, 5) is 18.5. The molecule has 0 bridgehead atoms. The quantitative estimate of drug-likeness (QED) is 0.623. The molecule has 5 heterocycles. The third-order valence-electron chi connectivity index (χ3n) is 6.81. The Morgan fingerprint density at radius 2 is 1.82 bits per heavy atom. The van der Waals surface area contributed by atoms with Gasteiger partial charge >= 0.3 is 0 Å². The fourth-order valence-corrected chi connectivity index (χ4v) is 6.59. The average molecular weight is 470 g/mol. The number of hydrogen-bond donors (Lipinski definition) is 1. The van der Waals surface area contributed by atoms with E-state index in [1.807, 2.05) is 30.7 Å². The van der Waals surface area contributed by atoms with E-state index in [-0.39, 0.29) is 11.3 Å². The molecular formula is C23H31N7O2S. The third kappa shape index (κ3) is 4.06. The lowest BCUT2D eigenvalue weighted by Gasteiger charge is -2.38. The highest BCUT2D eigenvalue weighted by molar-refractivity contribution is 7.91. The number of hydrogen-bond acceptors (Lipinski definition) is 8. The van der Waals surface area contributed by atoms with Crippen molar-refractivity contribution in [2.45, 2.75) is 50.7 Å². The molecule has 1 fully saturated rings. The Morgan fingerprint density at radius 1 is 1.06 bits per heavy atom. The van der Waals surface area contributed by atoms with Crippen molar-refractivity contribution in [3.05, 3.63) is 30.6 Å². The van der Waals surface area contributed by atoms with Crippen LogP contribution in [0.4, 0.5) is 17.5 Å². The second kappa shape index (κ2) is 7.95. The van der Waals surface area contributed by atoms with Crippen LogP contribution in [-0.2, 0) is 15.4 Å². The van der Waals surface area contributed by atoms with Gasteiger partial charge in [0.05, 0.1) is 17.6 Å². The van der Waals surface area contributed by atoms with Gasteiger partial charge in [-0.15, -0.1) is 0 Å². The van der Waals surface area contributed by atoms with Crippen molar-refractivity contribution in [1.29, 1.82) is 0 Å². The van der Waals surface area contributed by atoms with Crippen LogP contribution in [0.15, 0.2) is 35.6 Å². The Kier molecular flexibility index (Phi) is 5.32. The maximum absolute atomic E-state index is 12.6. The van der Waals surface area contributed by atoms with Crippen molar-refractivity contribution in [2.75, 3.05) is 42.1 Å². The molecule has 2 aliphatic heterocycles. The van der Waals surface area contributed by atoms with Crippen molar-refractivity contribution in [3.63, 3.8) is 0 Å². The molecule has 3 aromatic rings. The number of sulfone groups is 1. The van der Waals surface area contributed by atoms with Gasteiger partial charge in [-0.05, 0) is 52.3 Å². The van der Waals surface area contributed by atoms with E-state index in [4.69, 9.17) is 0 Å². The zero-order valence-corrected chi connectivity index (χ0v) is 20.4. The molecule has 0 spiro atoms. The minimum Gasteiger partial charge on any atom is -0.368 e. The van der Waals surface area contributed by atoms with Crippen LogP contribution >= 0.6 is 0 Å². The molecule has 0 unspecified atom stereocenters. The summed E-state index contributed by atoms with van der Waals surface area (Å²) in [5, 5.41) is 4.21. The van der Waals surface area contributed by atoms with Gasteiger partial charge in [0.2, 0.25) is 5.95 Å². The molecule has 9 nitrogen and oxygen atoms in total. The summed E-state index contributed by atoms with van der Waals surface area (Å²) in [6, 6.07) is 6.25. The van der Waals surface area contributed by atoms with Gasteiger partial charge in [0.1, 0.15) is 16.5 Å². The minimum absolute atomic E-state index is 0.150. The van der Waals surface area contributed by atoms with E-state index in [0.717, 1.165) is 37.3 Å². The largest absolute Gasteiger partial charge is 0.368 e. The predicted octanol–water partition coefficient (Wildman–Crippen LogP) is 3.01. The Morgan fingerprint density at radius 3 is 2.48 bits per heavy atom. The first-order valence-electron chi connectivity index (χ1n) is 11.5. The maximum Gasteiger partial charge on any atom is 0.230 e. The second-order valence-electron chi connectivity index (χ2n) is 9.82. The van der Waals surface area contributed by atoms with Gasteiger partial charge in [0.25, 0.3) is 0 Å². The van der Waals surface area contributed by atoms with E-state index >= 15 is 0 Å². The Labute approximate surface area is 194 Å². The van der Waals surface area contributed by atoms with E-state index in [9.17, 15) is 8.42 Å². The summed E-state index contributed by atoms with van der Waals surface area (Å²) in [5.74, 6) is 1.20. The summed E-state index contributed by atoms with van der Waals surface area (Å²) in [6.45, 7) is 12.6. The zero-order valence-electron chi connectivity index (χ0n) is 19.6. The van der Waals surface area contributed by atoms with Crippen LogP contribution in [-0.4, -0.2) is 70.8 Å². The molecule has 1 saturated heterocycles. The van der Waals surface area contributed by atoms with Gasteiger partial charge in [0, 0.05) is 49.3 Å². The Bertz CT molecular complexity index is 1270. The number of rotatable bonds is 4. The van der Waals surface area contributed by atoms with Crippen LogP contribution in [0.5, 0.6) is 0 Å². The van der Waals surface area contributed by atoms with Crippen LogP contribution in [0.3, 0.4) is 0 Å². The van der Waals surface area contributed by atoms with Crippen LogP contribution < -0.4 is 10.2 Å². The minimum atomic E-state index is -3.32. The summed E-state index contributed by atoms with van der Waals surface area (Å²) in [6.07, 6.45) is 4.10. The number of fused-ring (bicyclic) bond motifs is 3. The van der Waals surface area contributed by atoms with Crippen molar-refractivity contribution in [1.82, 2.24) is 24.4 Å². The number of aromatic nitrogens is 4. The highest BCUT2D eigenvalue weighted by Gasteiger charge is 2.37. The fourth-order valence-electron chi connectivity index (χ4n) is 4.70. The lowest BCUT2D eigenvalue weighted by Crippen LogP contribution is -2.48. The highest BCUT2D eigenvalue weighted by atomic mass is 32.2. The van der Waals surface area contributed by atoms with E-state index < -0.39 is 9.84 Å². The standard InChI is InChI=1S/C23H31N7O2S/c1-16(2)28-8-10-29(11-9-28)18-5-6-19(24-15-18)26-22-25-14-17-13-20-30(21(17)27-22)23(3,4)7-12-33(20,31)32/h5-6,13-16H,7-12H2,1-4H3,(H,24,25,26,27). The lowest BCUT2D eigenvalue weighted by molar-refractivity contribution is 0.209. The number of anilines is 3. The van der Waals surface area contributed by atoms with Gasteiger partial charge in [-0.3, -0.25) is 4.90 Å². The SMILES string of the molecule is CC(C)N1CCN(c2ccc(Nc3ncc4cc5n(c4n3)C(C)(C)CCS5(=O)=O)nc2)CC1. The lowest BCUT2D eigenvalue weighted by atomic mass is 10.0. The third-order valence-corrected chi connectivity index (χ3v) is 8.49. The smallest absolute Gasteiger partial charge is 0.230 e. The van der Waals surface area contributed by atoms with Crippen molar-refractivity contribution < 1.29 is 8.42 Å². The fraction of sp³-hybridized carbons (Fsp3) is 0.522. The topological polar surface area (TPSA) is 96.2 Å². The predicted molar refractivity (Wildman–Crippen MR) is 130 cm³/mol. The molecule has 0 aliphatic carbocycles. The number of nitrogens with one attached hydrogen (secondary N) is 1. The van der Waals surface area contributed by atoms with Crippen LogP contribution in [0.2, 0.25) is 0 Å². The van der Waals surface area contributed by atoms with Gasteiger partial charge < -0.3 is 14.8 Å². The van der Waals surface area contributed by atoms with Gasteiger partial charge in [-0.2, -0.15) is 4.98 Å². The normalized spacial score (nSPS) is 20.2. The van der Waals surface area contributed by atoms with Crippen molar-refractivity contribution in [3.8, 4) is 0 Å². The van der Waals surface area contributed by atoms with Crippen LogP contribution in [0.25, 0.3) is 11.0 Å². The second-order valence-corrected chi connectivity index (χ2v) is 11.9. The monoisotopic (exact) mass is 469 g/mol. The summed E-state index contributed by atoms with van der Waals surface area (Å²) in [5.41, 5.74) is 1.39. The molecule has 0 amide bonds. The first-order chi connectivity index (χ1) is 15.6. The van der Waals surface area contributed by atoms with E-state index in [0.29, 0.717) is 34.9 Å². The number of nitrogens with zero attached hydrogens (tertiary/aromatic N) is 6. The number of pyridine rings is 1. The maximum atomic E-state index is 12.6. The van der Waals surface area contributed by atoms with Gasteiger partial charge in [-0.1, -0.05) is 0 Å². The molecule has 0 radical (unpaired) electrons. The highest BCUT2D eigenvalue weighted by Crippen LogP contribution is 2.37. The molecule has 1 N–H and O–H groups in total. The van der Waals surface area contributed by atoms with E-state index in [1.165, 1.54) is 0 Å². The van der Waals surface area contributed by atoms with Gasteiger partial charge in [0.15, 0.2) is 9.84 Å². The molecule has 0 atom stereocenters. The molecular weight excluding hydrogens is 438 g/mol. The first kappa shape index (κ1) is 22.1. The van der Waals surface area contributed by atoms with Crippen LogP contribution in [0, 0.1) is 0 Å². The number of piperazine rings is 1. The molecule has 3 aromatic heterocycles. The van der Waals surface area contributed by atoms with Gasteiger partial charge in [-0.25, -0.2) is 18.4 Å². The Hall–Kier alpha value is -2.72. The average Bonchev–Trinajstić information content (AvgIpc) is 3.19. The van der Waals surface area contributed by atoms with Crippen molar-refractivity contribution >= 4 is 38.3 Å². The first-order valence-corrected chi connectivity index (χ1v) is 13.1.